The SMILES string of the molecule is CCCCCCC/C=C/CS(=O)(=O)c1ccc(NC(=O)/C=C/c2ccc(O)cc2)cc1. The summed E-state index contributed by atoms with van der Waals surface area (Å²) in [4.78, 5) is 12.3. The molecule has 2 rings (SSSR count). The van der Waals surface area contributed by atoms with E-state index in [0.29, 0.717) is 5.69 Å². The summed E-state index contributed by atoms with van der Waals surface area (Å²) in [7, 11) is -3.39. The summed E-state index contributed by atoms with van der Waals surface area (Å²) < 4.78 is 24.9. The largest absolute Gasteiger partial charge is 0.508 e. The van der Waals surface area contributed by atoms with E-state index in [1.165, 1.54) is 43.9 Å². The molecule has 0 aromatic heterocycles. The summed E-state index contributed by atoms with van der Waals surface area (Å²) in [6.07, 6.45) is 13.6. The van der Waals surface area contributed by atoms with Gasteiger partial charge in [0.25, 0.3) is 0 Å². The number of aromatic hydroxyl groups is 1. The van der Waals surface area contributed by atoms with E-state index in [4.69, 9.17) is 0 Å². The molecule has 2 N–H and O–H groups in total. The minimum Gasteiger partial charge on any atom is -0.508 e. The third-order valence-electron chi connectivity index (χ3n) is 4.76. The van der Waals surface area contributed by atoms with Gasteiger partial charge in [-0.2, -0.15) is 0 Å². The minimum atomic E-state index is -3.39. The Labute approximate surface area is 185 Å². The smallest absolute Gasteiger partial charge is 0.248 e. The van der Waals surface area contributed by atoms with Gasteiger partial charge in [-0.3, -0.25) is 4.79 Å². The molecule has 0 atom stereocenters. The van der Waals surface area contributed by atoms with Gasteiger partial charge in [-0.15, -0.1) is 0 Å². The molecule has 166 valence electrons. The van der Waals surface area contributed by atoms with Crippen molar-refractivity contribution in [2.24, 2.45) is 0 Å². The van der Waals surface area contributed by atoms with E-state index >= 15 is 0 Å². The Morgan fingerprint density at radius 2 is 1.61 bits per heavy atom. The van der Waals surface area contributed by atoms with Crippen molar-refractivity contribution >= 4 is 27.5 Å². The molecule has 0 fully saturated rings. The number of carbonyl (C=O) groups is 1. The second-order valence-electron chi connectivity index (χ2n) is 7.39. The second-order valence-corrected chi connectivity index (χ2v) is 9.43. The quantitative estimate of drug-likeness (QED) is 0.250. The van der Waals surface area contributed by atoms with Crippen molar-refractivity contribution in [1.29, 1.82) is 0 Å². The monoisotopic (exact) mass is 441 g/mol. The Balaban J connectivity index is 1.82. The summed E-state index contributed by atoms with van der Waals surface area (Å²) in [6, 6.07) is 12.6. The van der Waals surface area contributed by atoms with Crippen LogP contribution in [0.2, 0.25) is 0 Å². The zero-order valence-corrected chi connectivity index (χ0v) is 18.8. The van der Waals surface area contributed by atoms with Gasteiger partial charge in [0.05, 0.1) is 10.6 Å². The first kappa shape index (κ1) is 24.4. The lowest BCUT2D eigenvalue weighted by Gasteiger charge is -2.05. The van der Waals surface area contributed by atoms with Crippen LogP contribution in [0.25, 0.3) is 6.08 Å². The van der Waals surface area contributed by atoms with Crippen LogP contribution < -0.4 is 5.32 Å². The lowest BCUT2D eigenvalue weighted by Crippen LogP contribution is -2.08. The van der Waals surface area contributed by atoms with Gasteiger partial charge in [0.1, 0.15) is 5.75 Å². The Morgan fingerprint density at radius 3 is 2.29 bits per heavy atom. The van der Waals surface area contributed by atoms with Crippen molar-refractivity contribution in [3.63, 3.8) is 0 Å². The maximum atomic E-state index is 12.5. The topological polar surface area (TPSA) is 83.5 Å². The first-order chi connectivity index (χ1) is 14.9. The number of phenolic OH excluding ortho intramolecular Hbond substituents is 1. The highest BCUT2D eigenvalue weighted by molar-refractivity contribution is 7.91. The fraction of sp³-hybridized carbons (Fsp3) is 0.320. The number of hydrogen-bond donors (Lipinski definition) is 2. The number of amides is 1. The molecule has 31 heavy (non-hydrogen) atoms. The Hall–Kier alpha value is -2.86. The highest BCUT2D eigenvalue weighted by Crippen LogP contribution is 2.16. The zero-order valence-electron chi connectivity index (χ0n) is 18.0. The highest BCUT2D eigenvalue weighted by Gasteiger charge is 2.12. The minimum absolute atomic E-state index is 0.0248. The van der Waals surface area contributed by atoms with Gasteiger partial charge in [-0.1, -0.05) is 56.9 Å². The van der Waals surface area contributed by atoms with E-state index in [9.17, 15) is 18.3 Å². The van der Waals surface area contributed by atoms with Crippen LogP contribution in [-0.2, 0) is 14.6 Å². The fourth-order valence-corrected chi connectivity index (χ4v) is 4.09. The van der Waals surface area contributed by atoms with Gasteiger partial charge in [0.2, 0.25) is 5.91 Å². The van der Waals surface area contributed by atoms with Crippen molar-refractivity contribution < 1.29 is 18.3 Å². The molecule has 0 radical (unpaired) electrons. The molecule has 2 aromatic carbocycles. The van der Waals surface area contributed by atoms with E-state index in [2.05, 4.69) is 12.2 Å². The maximum absolute atomic E-state index is 12.5. The van der Waals surface area contributed by atoms with E-state index in [-0.39, 0.29) is 22.3 Å². The average Bonchev–Trinajstić information content (AvgIpc) is 2.75. The Kier molecular flexibility index (Phi) is 10.0. The van der Waals surface area contributed by atoms with Crippen LogP contribution in [-0.4, -0.2) is 25.2 Å². The van der Waals surface area contributed by atoms with Gasteiger partial charge >= 0.3 is 0 Å². The molecule has 0 aliphatic heterocycles. The number of phenols is 1. The predicted molar refractivity (Wildman–Crippen MR) is 127 cm³/mol. The Bertz CT molecular complexity index is 975. The molecular weight excluding hydrogens is 410 g/mol. The zero-order chi connectivity index (χ0) is 22.5. The number of unbranched alkanes of at least 4 members (excludes halogenated alkanes) is 5. The van der Waals surface area contributed by atoms with E-state index in [0.717, 1.165) is 18.4 Å². The van der Waals surface area contributed by atoms with Crippen LogP contribution in [0.15, 0.2) is 71.7 Å². The first-order valence-corrected chi connectivity index (χ1v) is 12.3. The van der Waals surface area contributed by atoms with Crippen LogP contribution in [0.4, 0.5) is 5.69 Å². The van der Waals surface area contributed by atoms with Crippen molar-refractivity contribution in [3.05, 3.63) is 72.3 Å². The van der Waals surface area contributed by atoms with E-state index in [1.807, 2.05) is 6.08 Å². The molecule has 0 bridgehead atoms. The summed E-state index contributed by atoms with van der Waals surface area (Å²) in [5, 5.41) is 12.0. The fourth-order valence-electron chi connectivity index (χ4n) is 2.96. The number of hydrogen-bond acceptors (Lipinski definition) is 4. The summed E-state index contributed by atoms with van der Waals surface area (Å²) in [5.74, 6) is -0.191. The number of anilines is 1. The first-order valence-electron chi connectivity index (χ1n) is 10.7. The van der Waals surface area contributed by atoms with Gasteiger partial charge in [-0.25, -0.2) is 8.42 Å². The van der Waals surface area contributed by atoms with Gasteiger partial charge in [0, 0.05) is 11.8 Å². The lowest BCUT2D eigenvalue weighted by molar-refractivity contribution is -0.111. The molecule has 0 aliphatic rings. The maximum Gasteiger partial charge on any atom is 0.248 e. The molecular formula is C25H31NO4S. The van der Waals surface area contributed by atoms with Gasteiger partial charge in [-0.05, 0) is 60.9 Å². The molecule has 0 saturated carbocycles. The second kappa shape index (κ2) is 12.7. The van der Waals surface area contributed by atoms with Crippen molar-refractivity contribution in [2.45, 2.75) is 50.3 Å². The molecule has 0 aliphatic carbocycles. The van der Waals surface area contributed by atoms with Crippen LogP contribution in [0.3, 0.4) is 0 Å². The normalized spacial score (nSPS) is 11.9. The molecule has 0 saturated heterocycles. The molecule has 0 heterocycles. The molecule has 1 amide bonds. The van der Waals surface area contributed by atoms with E-state index < -0.39 is 9.84 Å². The van der Waals surface area contributed by atoms with Crippen LogP contribution in [0, 0.1) is 0 Å². The van der Waals surface area contributed by atoms with Crippen molar-refractivity contribution in [3.8, 4) is 5.75 Å². The summed E-state index contributed by atoms with van der Waals surface area (Å²) >= 11 is 0. The molecule has 0 spiro atoms. The number of nitrogens with one attached hydrogen (secondary N) is 1. The van der Waals surface area contributed by atoms with Gasteiger partial charge in [0.15, 0.2) is 9.84 Å². The number of sulfone groups is 1. The van der Waals surface area contributed by atoms with Crippen LogP contribution in [0.1, 0.15) is 51.0 Å². The average molecular weight is 442 g/mol. The van der Waals surface area contributed by atoms with Crippen molar-refractivity contribution in [1.82, 2.24) is 0 Å². The molecule has 0 unspecified atom stereocenters. The molecule has 2 aromatic rings. The summed E-state index contributed by atoms with van der Waals surface area (Å²) in [6.45, 7) is 2.18. The highest BCUT2D eigenvalue weighted by atomic mass is 32.2. The lowest BCUT2D eigenvalue weighted by atomic mass is 10.1. The van der Waals surface area contributed by atoms with Crippen LogP contribution in [0.5, 0.6) is 5.75 Å². The Morgan fingerprint density at radius 1 is 0.935 bits per heavy atom. The number of carbonyl (C=O) groups excluding carboxylic acids is 1. The molecule has 6 heteroatoms. The third kappa shape index (κ3) is 9.22. The van der Waals surface area contributed by atoms with Gasteiger partial charge < -0.3 is 10.4 Å². The number of rotatable bonds is 12. The van der Waals surface area contributed by atoms with Crippen molar-refractivity contribution in [2.75, 3.05) is 11.1 Å². The number of allylic oxidation sites excluding steroid dienone is 1. The standard InChI is InChI=1S/C25H31NO4S/c1-2-3-4-5-6-7-8-9-20-31(29,30)24-17-13-22(14-18-24)26-25(28)19-12-21-10-15-23(27)16-11-21/h8-19,27H,2-7,20H2,1H3,(H,26,28)/b9-8+,19-12+. The number of benzene rings is 2. The third-order valence-corrected chi connectivity index (χ3v) is 6.38. The predicted octanol–water partition coefficient (Wildman–Crippen LogP) is 5.73. The van der Waals surface area contributed by atoms with E-state index in [1.54, 1.807) is 48.6 Å². The summed E-state index contributed by atoms with van der Waals surface area (Å²) in [5.41, 5.74) is 1.30. The van der Waals surface area contributed by atoms with Crippen LogP contribution >= 0.6 is 0 Å². The molecule has 5 nitrogen and oxygen atoms in total.